The van der Waals surface area contributed by atoms with Crippen molar-refractivity contribution in [3.63, 3.8) is 0 Å². The predicted molar refractivity (Wildman–Crippen MR) is 72.7 cm³/mol. The van der Waals surface area contributed by atoms with E-state index in [1.807, 2.05) is 0 Å². The highest BCUT2D eigenvalue weighted by atomic mass is 35.5. The molecule has 1 aromatic carbocycles. The average molecular weight is 294 g/mol. The summed E-state index contributed by atoms with van der Waals surface area (Å²) in [6.45, 7) is 1.63. The molecule has 0 aliphatic carbocycles. The summed E-state index contributed by atoms with van der Waals surface area (Å²) in [5.74, 6) is -1.29. The van der Waals surface area contributed by atoms with Gasteiger partial charge in [-0.25, -0.2) is 4.79 Å². The first-order valence-corrected chi connectivity index (χ1v) is 6.20. The molecule has 0 bridgehead atoms. The van der Waals surface area contributed by atoms with Crippen LogP contribution in [0.5, 0.6) is 0 Å². The van der Waals surface area contributed by atoms with E-state index < -0.39 is 17.9 Å². The molecule has 0 unspecified atom stereocenters. The Morgan fingerprint density at radius 2 is 2.00 bits per heavy atom. The van der Waals surface area contributed by atoms with Gasteiger partial charge < -0.3 is 14.8 Å². The molecule has 1 amide bonds. The van der Waals surface area contributed by atoms with Crippen molar-refractivity contribution in [2.45, 2.75) is 13.0 Å². The van der Waals surface area contributed by atoms with Crippen LogP contribution in [0.3, 0.4) is 0 Å². The van der Waals surface area contributed by atoms with E-state index in [4.69, 9.17) is 16.0 Å². The zero-order valence-corrected chi connectivity index (χ0v) is 11.3. The van der Waals surface area contributed by atoms with E-state index in [1.165, 1.54) is 12.3 Å². The molecule has 0 aliphatic rings. The second kappa shape index (κ2) is 5.79. The molecule has 2 N–H and O–H groups in total. The third-order valence-electron chi connectivity index (χ3n) is 2.84. The van der Waals surface area contributed by atoms with Crippen LogP contribution in [0.4, 0.5) is 0 Å². The van der Waals surface area contributed by atoms with E-state index in [2.05, 4.69) is 5.32 Å². The molecular weight excluding hydrogens is 282 g/mol. The lowest BCUT2D eigenvalue weighted by Crippen LogP contribution is -2.34. The minimum absolute atomic E-state index is 0.282. The standard InChI is InChI=1S/C14H12ClNO4/c1-8-9(6-7-20-8)13(17)16-12(14(18)19)10-4-2-3-5-11(10)15/h2-7,12H,1H3,(H,16,17)(H,18,19)/t12-/m1/s1. The van der Waals surface area contributed by atoms with Crippen molar-refractivity contribution >= 4 is 23.5 Å². The fourth-order valence-electron chi connectivity index (χ4n) is 1.81. The molecule has 0 radical (unpaired) electrons. The zero-order chi connectivity index (χ0) is 14.7. The number of amides is 1. The molecule has 0 saturated heterocycles. The summed E-state index contributed by atoms with van der Waals surface area (Å²) in [6.07, 6.45) is 1.37. The molecule has 2 rings (SSSR count). The van der Waals surface area contributed by atoms with Crippen molar-refractivity contribution < 1.29 is 19.1 Å². The summed E-state index contributed by atoms with van der Waals surface area (Å²) in [6, 6.07) is 6.74. The second-order valence-corrected chi connectivity index (χ2v) is 4.56. The fourth-order valence-corrected chi connectivity index (χ4v) is 2.06. The van der Waals surface area contributed by atoms with Crippen LogP contribution in [0.1, 0.15) is 27.7 Å². The molecule has 5 nitrogen and oxygen atoms in total. The highest BCUT2D eigenvalue weighted by Crippen LogP contribution is 2.23. The number of halogens is 1. The Morgan fingerprint density at radius 1 is 1.30 bits per heavy atom. The largest absolute Gasteiger partial charge is 0.479 e. The molecular formula is C14H12ClNO4. The van der Waals surface area contributed by atoms with Crippen molar-refractivity contribution in [2.24, 2.45) is 0 Å². The summed E-state index contributed by atoms with van der Waals surface area (Å²) in [5, 5.41) is 12.0. The Hall–Kier alpha value is -2.27. The molecule has 1 aromatic heterocycles. The number of carbonyl (C=O) groups excluding carboxylic acids is 1. The molecule has 20 heavy (non-hydrogen) atoms. The molecule has 0 fully saturated rings. The van der Waals surface area contributed by atoms with Crippen molar-refractivity contribution in [1.29, 1.82) is 0 Å². The molecule has 2 aromatic rings. The first-order chi connectivity index (χ1) is 9.50. The van der Waals surface area contributed by atoms with Crippen LogP contribution in [-0.4, -0.2) is 17.0 Å². The summed E-state index contributed by atoms with van der Waals surface area (Å²) < 4.78 is 5.02. The van der Waals surface area contributed by atoms with Crippen LogP contribution in [0.2, 0.25) is 5.02 Å². The number of benzene rings is 1. The normalized spacial score (nSPS) is 11.9. The third kappa shape index (κ3) is 2.83. The summed E-state index contributed by atoms with van der Waals surface area (Å²) in [4.78, 5) is 23.4. The van der Waals surface area contributed by atoms with Crippen LogP contribution in [-0.2, 0) is 4.79 Å². The minimum Gasteiger partial charge on any atom is -0.479 e. The van der Waals surface area contributed by atoms with Crippen molar-refractivity contribution in [3.05, 3.63) is 58.5 Å². The van der Waals surface area contributed by atoms with Crippen LogP contribution >= 0.6 is 11.6 Å². The molecule has 0 saturated carbocycles. The summed E-state index contributed by atoms with van der Waals surface area (Å²) in [5.41, 5.74) is 0.625. The molecule has 0 aliphatic heterocycles. The van der Waals surface area contributed by atoms with Crippen LogP contribution in [0.15, 0.2) is 41.0 Å². The molecule has 0 spiro atoms. The lowest BCUT2D eigenvalue weighted by Gasteiger charge is -2.15. The van der Waals surface area contributed by atoms with Gasteiger partial charge in [0.15, 0.2) is 6.04 Å². The first-order valence-electron chi connectivity index (χ1n) is 5.83. The number of carboxylic acids is 1. The lowest BCUT2D eigenvalue weighted by molar-refractivity contribution is -0.139. The predicted octanol–water partition coefficient (Wildman–Crippen LogP) is 2.80. The number of aryl methyl sites for hydroxylation is 1. The Kier molecular flexibility index (Phi) is 4.10. The van der Waals surface area contributed by atoms with Crippen LogP contribution in [0, 0.1) is 6.92 Å². The number of furan rings is 1. The minimum atomic E-state index is -1.22. The third-order valence-corrected chi connectivity index (χ3v) is 3.19. The summed E-state index contributed by atoms with van der Waals surface area (Å²) >= 11 is 5.97. The van der Waals surface area contributed by atoms with Gasteiger partial charge in [-0.05, 0) is 19.1 Å². The molecule has 104 valence electrons. The van der Waals surface area contributed by atoms with Gasteiger partial charge in [0.1, 0.15) is 5.76 Å². The molecule has 1 atom stereocenters. The number of nitrogens with one attached hydrogen (secondary N) is 1. The van der Waals surface area contributed by atoms with Gasteiger partial charge in [-0.1, -0.05) is 29.8 Å². The van der Waals surface area contributed by atoms with Crippen LogP contribution in [0.25, 0.3) is 0 Å². The van der Waals surface area contributed by atoms with E-state index in [1.54, 1.807) is 31.2 Å². The van der Waals surface area contributed by atoms with Crippen molar-refractivity contribution in [3.8, 4) is 0 Å². The molecule has 6 heteroatoms. The van der Waals surface area contributed by atoms with E-state index >= 15 is 0 Å². The fraction of sp³-hybridized carbons (Fsp3) is 0.143. The number of hydrogen-bond acceptors (Lipinski definition) is 3. The van der Waals surface area contributed by atoms with Gasteiger partial charge in [0.2, 0.25) is 0 Å². The van der Waals surface area contributed by atoms with E-state index in [0.29, 0.717) is 16.9 Å². The first kappa shape index (κ1) is 14.1. The number of aliphatic carboxylic acids is 1. The van der Waals surface area contributed by atoms with E-state index in [-0.39, 0.29) is 5.02 Å². The zero-order valence-electron chi connectivity index (χ0n) is 10.6. The van der Waals surface area contributed by atoms with Gasteiger partial charge in [-0.15, -0.1) is 0 Å². The van der Waals surface area contributed by atoms with Gasteiger partial charge in [0.25, 0.3) is 5.91 Å². The Morgan fingerprint density at radius 3 is 2.55 bits per heavy atom. The van der Waals surface area contributed by atoms with Gasteiger partial charge in [-0.2, -0.15) is 0 Å². The van der Waals surface area contributed by atoms with Gasteiger partial charge in [0.05, 0.1) is 11.8 Å². The van der Waals surface area contributed by atoms with Gasteiger partial charge >= 0.3 is 5.97 Å². The quantitative estimate of drug-likeness (QED) is 0.908. The molecule has 1 heterocycles. The van der Waals surface area contributed by atoms with Gasteiger partial charge in [0, 0.05) is 10.6 Å². The highest BCUT2D eigenvalue weighted by Gasteiger charge is 2.25. The maximum absolute atomic E-state index is 12.0. The van der Waals surface area contributed by atoms with Gasteiger partial charge in [-0.3, -0.25) is 4.79 Å². The Bertz CT molecular complexity index is 650. The monoisotopic (exact) mass is 293 g/mol. The maximum atomic E-state index is 12.0. The van der Waals surface area contributed by atoms with Crippen molar-refractivity contribution in [1.82, 2.24) is 5.32 Å². The number of carbonyl (C=O) groups is 2. The number of hydrogen-bond donors (Lipinski definition) is 2. The topological polar surface area (TPSA) is 79.5 Å². The van der Waals surface area contributed by atoms with Crippen LogP contribution < -0.4 is 5.32 Å². The average Bonchev–Trinajstić information content (AvgIpc) is 2.83. The van der Waals surface area contributed by atoms with Crippen molar-refractivity contribution in [2.75, 3.05) is 0 Å². The SMILES string of the molecule is Cc1occc1C(=O)N[C@@H](C(=O)O)c1ccccc1Cl. The number of rotatable bonds is 4. The Balaban J connectivity index is 2.28. The Labute approximate surface area is 120 Å². The lowest BCUT2D eigenvalue weighted by atomic mass is 10.1. The van der Waals surface area contributed by atoms with E-state index in [9.17, 15) is 14.7 Å². The van der Waals surface area contributed by atoms with E-state index in [0.717, 1.165) is 0 Å². The summed E-state index contributed by atoms with van der Waals surface area (Å²) in [7, 11) is 0. The second-order valence-electron chi connectivity index (χ2n) is 4.16. The smallest absolute Gasteiger partial charge is 0.330 e. The maximum Gasteiger partial charge on any atom is 0.330 e. The highest BCUT2D eigenvalue weighted by molar-refractivity contribution is 6.31. The number of carboxylic acid groups (broad SMARTS) is 1.